The number of rotatable bonds is 3. The van der Waals surface area contributed by atoms with Crippen molar-refractivity contribution in [3.05, 3.63) is 69.7 Å². The third-order valence-electron chi connectivity index (χ3n) is 2.52. The van der Waals surface area contributed by atoms with Gasteiger partial charge in [0, 0.05) is 15.6 Å². The number of carbonyl (C=O) groups excluding carboxylic acids is 1. The van der Waals surface area contributed by atoms with Crippen molar-refractivity contribution in [1.82, 2.24) is 0 Å². The Morgan fingerprint density at radius 2 is 1.33 bits per heavy atom. The second kappa shape index (κ2) is 5.87. The van der Waals surface area contributed by atoms with Gasteiger partial charge in [-0.05, 0) is 42.0 Å². The summed E-state index contributed by atoms with van der Waals surface area (Å²) in [5.74, 6) is -0.00557. The molecule has 0 saturated heterocycles. The maximum atomic E-state index is 12.2. The van der Waals surface area contributed by atoms with Gasteiger partial charge in [-0.3, -0.25) is 4.79 Å². The van der Waals surface area contributed by atoms with Gasteiger partial charge in [0.05, 0.1) is 0 Å². The summed E-state index contributed by atoms with van der Waals surface area (Å²) >= 11 is 15.0. The molecule has 0 aliphatic heterocycles. The average Bonchev–Trinajstić information content (AvgIpc) is 2.39. The predicted octanol–water partition coefficient (Wildman–Crippen LogP) is 5.31. The number of hydrogen-bond donors (Lipinski definition) is 0. The molecule has 0 spiro atoms. The second-order valence-electron chi connectivity index (χ2n) is 3.79. The van der Waals surface area contributed by atoms with Gasteiger partial charge < -0.3 is 0 Å². The van der Waals surface area contributed by atoms with Gasteiger partial charge in [-0.1, -0.05) is 51.3 Å². The standard InChI is InChI=1S/C14H9BrCl2O/c15-13(9-1-5-11(16)6-2-9)14(18)10-3-7-12(17)8-4-10/h1-8,13H/t13-/m0/s1. The SMILES string of the molecule is O=C(c1ccc(Cl)cc1)[C@@H](Br)c1ccc(Cl)cc1. The van der Waals surface area contributed by atoms with Crippen LogP contribution in [0, 0.1) is 0 Å². The fraction of sp³-hybridized carbons (Fsp3) is 0.0714. The summed E-state index contributed by atoms with van der Waals surface area (Å²) < 4.78 is 0. The molecule has 0 bridgehead atoms. The topological polar surface area (TPSA) is 17.1 Å². The molecule has 0 heterocycles. The van der Waals surface area contributed by atoms with Crippen molar-refractivity contribution >= 4 is 44.9 Å². The van der Waals surface area contributed by atoms with Crippen LogP contribution in [0.5, 0.6) is 0 Å². The maximum absolute atomic E-state index is 12.2. The fourth-order valence-electron chi connectivity index (χ4n) is 1.54. The third-order valence-corrected chi connectivity index (χ3v) is 3.97. The molecule has 0 fully saturated rings. The van der Waals surface area contributed by atoms with E-state index in [-0.39, 0.29) is 10.6 Å². The number of ketones is 1. The normalized spacial score (nSPS) is 12.2. The monoisotopic (exact) mass is 342 g/mol. The van der Waals surface area contributed by atoms with Crippen LogP contribution in [0.4, 0.5) is 0 Å². The molecular formula is C14H9BrCl2O. The molecule has 4 heteroatoms. The molecule has 0 radical (unpaired) electrons. The molecule has 2 aromatic rings. The molecule has 2 aromatic carbocycles. The van der Waals surface area contributed by atoms with Crippen molar-refractivity contribution in [1.29, 1.82) is 0 Å². The number of benzene rings is 2. The fourth-order valence-corrected chi connectivity index (χ4v) is 2.37. The van der Waals surface area contributed by atoms with Crippen molar-refractivity contribution in [2.75, 3.05) is 0 Å². The van der Waals surface area contributed by atoms with Gasteiger partial charge in [0.15, 0.2) is 5.78 Å². The van der Waals surface area contributed by atoms with E-state index in [1.165, 1.54) is 0 Å². The smallest absolute Gasteiger partial charge is 0.180 e. The van der Waals surface area contributed by atoms with E-state index in [0.717, 1.165) is 5.56 Å². The van der Waals surface area contributed by atoms with Gasteiger partial charge in [0.1, 0.15) is 4.83 Å². The summed E-state index contributed by atoms with van der Waals surface area (Å²) in [7, 11) is 0. The van der Waals surface area contributed by atoms with Crippen LogP contribution >= 0.6 is 39.1 Å². The van der Waals surface area contributed by atoms with E-state index in [1.54, 1.807) is 36.4 Å². The van der Waals surface area contributed by atoms with Crippen molar-refractivity contribution in [2.45, 2.75) is 4.83 Å². The Labute approximate surface area is 124 Å². The summed E-state index contributed by atoms with van der Waals surface area (Å²) in [4.78, 5) is 11.8. The molecule has 92 valence electrons. The molecular weight excluding hydrogens is 335 g/mol. The summed E-state index contributed by atoms with van der Waals surface area (Å²) in [6, 6.07) is 14.0. The largest absolute Gasteiger partial charge is 0.293 e. The molecule has 0 unspecified atom stereocenters. The second-order valence-corrected chi connectivity index (χ2v) is 5.57. The zero-order valence-corrected chi connectivity index (χ0v) is 12.3. The molecule has 0 aliphatic carbocycles. The summed E-state index contributed by atoms with van der Waals surface area (Å²) in [6.45, 7) is 0. The number of hydrogen-bond acceptors (Lipinski definition) is 1. The van der Waals surface area contributed by atoms with Crippen LogP contribution in [0.3, 0.4) is 0 Å². The molecule has 0 N–H and O–H groups in total. The van der Waals surface area contributed by atoms with Crippen LogP contribution in [0.15, 0.2) is 48.5 Å². The number of carbonyl (C=O) groups is 1. The minimum atomic E-state index is -0.379. The molecule has 0 aromatic heterocycles. The summed E-state index contributed by atoms with van der Waals surface area (Å²) in [5.41, 5.74) is 1.50. The van der Waals surface area contributed by atoms with E-state index in [4.69, 9.17) is 23.2 Å². The molecule has 0 aliphatic rings. The lowest BCUT2D eigenvalue weighted by Gasteiger charge is -2.09. The Morgan fingerprint density at radius 1 is 0.889 bits per heavy atom. The Kier molecular flexibility index (Phi) is 4.44. The highest BCUT2D eigenvalue weighted by atomic mass is 79.9. The maximum Gasteiger partial charge on any atom is 0.180 e. The average molecular weight is 344 g/mol. The number of alkyl halides is 1. The first-order valence-electron chi connectivity index (χ1n) is 5.27. The number of Topliss-reactive ketones (excluding diaryl/α,β-unsaturated/α-hetero) is 1. The highest BCUT2D eigenvalue weighted by Crippen LogP contribution is 2.28. The van der Waals surface area contributed by atoms with E-state index in [0.29, 0.717) is 15.6 Å². The lowest BCUT2D eigenvalue weighted by Crippen LogP contribution is -2.06. The minimum absolute atomic E-state index is 0.00557. The summed E-state index contributed by atoms with van der Waals surface area (Å²) in [6.07, 6.45) is 0. The highest BCUT2D eigenvalue weighted by molar-refractivity contribution is 9.09. The molecule has 0 amide bonds. The van der Waals surface area contributed by atoms with Crippen molar-refractivity contribution in [2.24, 2.45) is 0 Å². The van der Waals surface area contributed by atoms with Gasteiger partial charge in [-0.15, -0.1) is 0 Å². The molecule has 0 saturated carbocycles. The summed E-state index contributed by atoms with van der Waals surface area (Å²) in [5, 5.41) is 1.27. The Bertz CT molecular complexity index is 549. The Hall–Kier alpha value is -0.830. The van der Waals surface area contributed by atoms with E-state index in [9.17, 15) is 4.79 Å². The van der Waals surface area contributed by atoms with Gasteiger partial charge in [0.25, 0.3) is 0 Å². The van der Waals surface area contributed by atoms with Crippen molar-refractivity contribution < 1.29 is 4.79 Å². The van der Waals surface area contributed by atoms with E-state index in [1.807, 2.05) is 12.1 Å². The highest BCUT2D eigenvalue weighted by Gasteiger charge is 2.18. The first kappa shape index (κ1) is 13.6. The quantitative estimate of drug-likeness (QED) is 0.545. The van der Waals surface area contributed by atoms with Crippen LogP contribution < -0.4 is 0 Å². The zero-order valence-electron chi connectivity index (χ0n) is 9.24. The lowest BCUT2D eigenvalue weighted by atomic mass is 10.0. The van der Waals surface area contributed by atoms with Gasteiger partial charge in [0.2, 0.25) is 0 Å². The van der Waals surface area contributed by atoms with Crippen LogP contribution in [0.25, 0.3) is 0 Å². The Balaban J connectivity index is 2.23. The van der Waals surface area contributed by atoms with Crippen LogP contribution in [0.1, 0.15) is 20.7 Å². The Morgan fingerprint density at radius 3 is 1.83 bits per heavy atom. The van der Waals surface area contributed by atoms with E-state index < -0.39 is 0 Å². The molecule has 1 nitrogen and oxygen atoms in total. The van der Waals surface area contributed by atoms with Crippen molar-refractivity contribution in [3.63, 3.8) is 0 Å². The lowest BCUT2D eigenvalue weighted by molar-refractivity contribution is 0.0991. The predicted molar refractivity (Wildman–Crippen MR) is 78.9 cm³/mol. The molecule has 2 rings (SSSR count). The third kappa shape index (κ3) is 3.14. The van der Waals surface area contributed by atoms with Gasteiger partial charge in [-0.2, -0.15) is 0 Å². The first-order chi connectivity index (χ1) is 8.58. The van der Waals surface area contributed by atoms with Gasteiger partial charge in [-0.25, -0.2) is 0 Å². The minimum Gasteiger partial charge on any atom is -0.293 e. The van der Waals surface area contributed by atoms with Crippen LogP contribution in [-0.4, -0.2) is 5.78 Å². The van der Waals surface area contributed by atoms with E-state index >= 15 is 0 Å². The first-order valence-corrected chi connectivity index (χ1v) is 6.94. The van der Waals surface area contributed by atoms with Gasteiger partial charge >= 0.3 is 0 Å². The van der Waals surface area contributed by atoms with E-state index in [2.05, 4.69) is 15.9 Å². The zero-order chi connectivity index (χ0) is 13.1. The van der Waals surface area contributed by atoms with Crippen molar-refractivity contribution in [3.8, 4) is 0 Å². The molecule has 1 atom stereocenters. The molecule has 18 heavy (non-hydrogen) atoms. The number of halogens is 3. The van der Waals surface area contributed by atoms with Crippen LogP contribution in [-0.2, 0) is 0 Å². The van der Waals surface area contributed by atoms with Crippen LogP contribution in [0.2, 0.25) is 10.0 Å².